The molecule has 1 N–H and O–H groups in total. The number of halogens is 1. The fourth-order valence-corrected chi connectivity index (χ4v) is 2.76. The molecule has 0 saturated carbocycles. The van der Waals surface area contributed by atoms with E-state index in [1.54, 1.807) is 6.33 Å². The van der Waals surface area contributed by atoms with Gasteiger partial charge in [-0.1, -0.05) is 0 Å². The number of anilines is 2. The van der Waals surface area contributed by atoms with Crippen LogP contribution >= 0.6 is 15.9 Å². The van der Waals surface area contributed by atoms with Crippen LogP contribution in [0.4, 0.5) is 11.6 Å². The van der Waals surface area contributed by atoms with Crippen molar-refractivity contribution in [3.05, 3.63) is 10.8 Å². The first-order valence-electron chi connectivity index (χ1n) is 5.73. The summed E-state index contributed by atoms with van der Waals surface area (Å²) in [5, 5.41) is 3.06. The van der Waals surface area contributed by atoms with Gasteiger partial charge in [-0.2, -0.15) is 0 Å². The molecule has 0 spiro atoms. The third-order valence-corrected chi connectivity index (χ3v) is 3.93. The third-order valence-electron chi connectivity index (χ3n) is 3.20. The highest BCUT2D eigenvalue weighted by molar-refractivity contribution is 9.10. The molecule has 1 saturated heterocycles. The Bertz CT molecular complexity index is 395. The lowest BCUT2D eigenvalue weighted by molar-refractivity contribution is 0.315. The van der Waals surface area contributed by atoms with Gasteiger partial charge in [0.15, 0.2) is 0 Å². The minimum Gasteiger partial charge on any atom is -0.372 e. The van der Waals surface area contributed by atoms with Crippen molar-refractivity contribution in [2.24, 2.45) is 0 Å². The molecule has 0 bridgehead atoms. The van der Waals surface area contributed by atoms with E-state index in [4.69, 9.17) is 0 Å². The predicted octanol–water partition coefficient (Wildman–Crippen LogP) is 1.42. The summed E-state index contributed by atoms with van der Waals surface area (Å²) in [6.07, 6.45) is 2.78. The second kappa shape index (κ2) is 5.18. The maximum Gasteiger partial charge on any atom is 0.148 e. The summed E-state index contributed by atoms with van der Waals surface area (Å²) in [4.78, 5) is 13.1. The van der Waals surface area contributed by atoms with Gasteiger partial charge < -0.3 is 15.1 Å². The van der Waals surface area contributed by atoms with Crippen molar-refractivity contribution >= 4 is 27.6 Å². The van der Waals surface area contributed by atoms with Crippen LogP contribution in [-0.4, -0.2) is 55.1 Å². The summed E-state index contributed by atoms with van der Waals surface area (Å²) >= 11 is 3.57. The first-order chi connectivity index (χ1) is 8.13. The van der Waals surface area contributed by atoms with Crippen molar-refractivity contribution in [3.8, 4) is 0 Å². The Morgan fingerprint density at radius 1 is 1.47 bits per heavy atom. The van der Waals surface area contributed by atoms with Crippen LogP contribution in [0.3, 0.4) is 0 Å². The maximum atomic E-state index is 4.37. The number of nitrogens with one attached hydrogen (secondary N) is 1. The molecule has 1 aromatic rings. The largest absolute Gasteiger partial charge is 0.372 e. The lowest BCUT2D eigenvalue weighted by Crippen LogP contribution is -2.31. The van der Waals surface area contributed by atoms with Crippen LogP contribution in [0.5, 0.6) is 0 Å². The molecule has 17 heavy (non-hydrogen) atoms. The Morgan fingerprint density at radius 3 is 2.82 bits per heavy atom. The summed E-state index contributed by atoms with van der Waals surface area (Å²) in [7, 11) is 6.12. The van der Waals surface area contributed by atoms with Gasteiger partial charge in [0.05, 0.1) is 0 Å². The Morgan fingerprint density at radius 2 is 2.24 bits per heavy atom. The van der Waals surface area contributed by atoms with E-state index in [1.165, 1.54) is 6.42 Å². The Kier molecular flexibility index (Phi) is 3.83. The molecule has 0 aromatic carbocycles. The van der Waals surface area contributed by atoms with Gasteiger partial charge in [-0.05, 0) is 36.4 Å². The molecule has 0 aliphatic carbocycles. The molecular weight excluding hydrogens is 282 g/mol. The summed E-state index contributed by atoms with van der Waals surface area (Å²) in [6.45, 7) is 2.06. The van der Waals surface area contributed by atoms with Crippen LogP contribution in [0.25, 0.3) is 0 Å². The van der Waals surface area contributed by atoms with Gasteiger partial charge >= 0.3 is 0 Å². The highest BCUT2D eigenvalue weighted by atomic mass is 79.9. The van der Waals surface area contributed by atoms with Gasteiger partial charge in [0, 0.05) is 26.2 Å². The number of hydrogen-bond acceptors (Lipinski definition) is 5. The smallest absolute Gasteiger partial charge is 0.148 e. The fraction of sp³-hybridized carbons (Fsp3) is 0.636. The molecule has 1 aromatic heterocycles. The number of rotatable bonds is 3. The van der Waals surface area contributed by atoms with Crippen molar-refractivity contribution in [3.63, 3.8) is 0 Å². The van der Waals surface area contributed by atoms with Crippen molar-refractivity contribution < 1.29 is 0 Å². The van der Waals surface area contributed by atoms with Gasteiger partial charge in [0.25, 0.3) is 0 Å². The molecule has 6 heteroatoms. The lowest BCUT2D eigenvalue weighted by Gasteiger charge is -2.22. The second-order valence-corrected chi connectivity index (χ2v) is 5.25. The van der Waals surface area contributed by atoms with E-state index in [9.17, 15) is 0 Å². The van der Waals surface area contributed by atoms with Crippen LogP contribution < -0.4 is 10.2 Å². The van der Waals surface area contributed by atoms with Crippen molar-refractivity contribution in [1.29, 1.82) is 0 Å². The standard InChI is InChI=1S/C11H18BrN5/c1-13-10-9(12)11(15-7-14-10)17-5-4-8(6-17)16(2)3/h7-8H,4-6H2,1-3H3,(H,13,14,15). The molecule has 2 heterocycles. The first kappa shape index (κ1) is 12.6. The van der Waals surface area contributed by atoms with Crippen molar-refractivity contribution in [2.75, 3.05) is 44.4 Å². The van der Waals surface area contributed by atoms with Gasteiger partial charge in [0.2, 0.25) is 0 Å². The molecule has 0 amide bonds. The van der Waals surface area contributed by atoms with Gasteiger partial charge in [-0.3, -0.25) is 0 Å². The monoisotopic (exact) mass is 299 g/mol. The zero-order valence-corrected chi connectivity index (χ0v) is 12.0. The van der Waals surface area contributed by atoms with E-state index in [0.717, 1.165) is 29.2 Å². The van der Waals surface area contributed by atoms with Gasteiger partial charge in [-0.25, -0.2) is 9.97 Å². The molecule has 0 radical (unpaired) electrons. The topological polar surface area (TPSA) is 44.3 Å². The number of likely N-dealkylation sites (N-methyl/N-ethyl adjacent to an activating group) is 1. The van der Waals surface area contributed by atoms with Crippen molar-refractivity contribution in [1.82, 2.24) is 14.9 Å². The van der Waals surface area contributed by atoms with Crippen LogP contribution in [-0.2, 0) is 0 Å². The fourth-order valence-electron chi connectivity index (χ4n) is 2.11. The molecule has 1 fully saturated rings. The van der Waals surface area contributed by atoms with E-state index in [1.807, 2.05) is 7.05 Å². The van der Waals surface area contributed by atoms with Crippen LogP contribution in [0.2, 0.25) is 0 Å². The van der Waals surface area contributed by atoms with Crippen LogP contribution in [0.1, 0.15) is 6.42 Å². The second-order valence-electron chi connectivity index (χ2n) is 4.46. The highest BCUT2D eigenvalue weighted by Crippen LogP contribution is 2.31. The first-order valence-corrected chi connectivity index (χ1v) is 6.52. The molecule has 1 aliphatic heterocycles. The van der Waals surface area contributed by atoms with E-state index < -0.39 is 0 Å². The van der Waals surface area contributed by atoms with Crippen LogP contribution in [0.15, 0.2) is 10.8 Å². The average molecular weight is 300 g/mol. The van der Waals surface area contributed by atoms with Gasteiger partial charge in [-0.15, -0.1) is 0 Å². The quantitative estimate of drug-likeness (QED) is 0.914. The molecule has 5 nitrogen and oxygen atoms in total. The van der Waals surface area contributed by atoms with Crippen molar-refractivity contribution in [2.45, 2.75) is 12.5 Å². The number of nitrogens with zero attached hydrogens (tertiary/aromatic N) is 4. The zero-order valence-electron chi connectivity index (χ0n) is 10.4. The molecule has 94 valence electrons. The minimum absolute atomic E-state index is 0.606. The SMILES string of the molecule is CNc1ncnc(N2CCC(N(C)C)C2)c1Br. The Labute approximate surface area is 110 Å². The molecule has 1 unspecified atom stereocenters. The number of aromatic nitrogens is 2. The predicted molar refractivity (Wildman–Crippen MR) is 73.6 cm³/mol. The molecule has 1 aliphatic rings. The highest BCUT2D eigenvalue weighted by Gasteiger charge is 2.26. The summed E-state index contributed by atoms with van der Waals surface area (Å²) in [5.74, 6) is 1.82. The summed E-state index contributed by atoms with van der Waals surface area (Å²) in [6, 6.07) is 0.606. The molecule has 2 rings (SSSR count). The average Bonchev–Trinajstić information content (AvgIpc) is 2.78. The Balaban J connectivity index is 2.19. The zero-order chi connectivity index (χ0) is 12.4. The third kappa shape index (κ3) is 2.52. The van der Waals surface area contributed by atoms with E-state index in [-0.39, 0.29) is 0 Å². The minimum atomic E-state index is 0.606. The Hall–Kier alpha value is -0.880. The summed E-state index contributed by atoms with van der Waals surface area (Å²) < 4.78 is 0.946. The van der Waals surface area contributed by atoms with Crippen LogP contribution in [0, 0.1) is 0 Å². The lowest BCUT2D eigenvalue weighted by atomic mass is 10.2. The van der Waals surface area contributed by atoms with Gasteiger partial charge in [0.1, 0.15) is 22.4 Å². The van der Waals surface area contributed by atoms with E-state index >= 15 is 0 Å². The molecule has 1 atom stereocenters. The molecular formula is C11H18BrN5. The van der Waals surface area contributed by atoms with E-state index in [0.29, 0.717) is 6.04 Å². The van der Waals surface area contributed by atoms with E-state index in [2.05, 4.69) is 55.1 Å². The number of hydrogen-bond donors (Lipinski definition) is 1. The maximum absolute atomic E-state index is 4.37. The summed E-state index contributed by atoms with van der Waals surface area (Å²) in [5.41, 5.74) is 0. The normalized spacial score (nSPS) is 20.1.